The highest BCUT2D eigenvalue weighted by atomic mass is 16.5. The first-order chi connectivity index (χ1) is 9.97. The van der Waals surface area contributed by atoms with E-state index in [0.717, 1.165) is 30.8 Å². The van der Waals surface area contributed by atoms with E-state index in [4.69, 9.17) is 16.2 Å². The summed E-state index contributed by atoms with van der Waals surface area (Å²) >= 11 is 0. The Morgan fingerprint density at radius 3 is 2.81 bits per heavy atom. The summed E-state index contributed by atoms with van der Waals surface area (Å²) in [4.78, 5) is 18.3. The number of aryl methyl sites for hydroxylation is 2. The molecule has 116 valence electrons. The Balaban J connectivity index is 2.42. The minimum atomic E-state index is -0.445. The summed E-state index contributed by atoms with van der Waals surface area (Å²) < 4.78 is 5.45. The average molecular weight is 292 g/mol. The SMILES string of the molecule is COC1CCN(c2cc(C)nc(C)c2C(N)=O)C(CN)C1. The van der Waals surface area contributed by atoms with E-state index in [2.05, 4.69) is 9.88 Å². The van der Waals surface area contributed by atoms with Crippen LogP contribution in [0, 0.1) is 13.8 Å². The van der Waals surface area contributed by atoms with Crippen LogP contribution < -0.4 is 16.4 Å². The molecule has 2 unspecified atom stereocenters. The monoisotopic (exact) mass is 292 g/mol. The molecule has 2 heterocycles. The number of rotatable bonds is 4. The number of primary amides is 1. The Labute approximate surface area is 125 Å². The third-order valence-corrected chi connectivity index (χ3v) is 4.14. The fourth-order valence-corrected chi connectivity index (χ4v) is 3.11. The van der Waals surface area contributed by atoms with Gasteiger partial charge in [-0.2, -0.15) is 0 Å². The van der Waals surface area contributed by atoms with Crippen molar-refractivity contribution in [2.24, 2.45) is 11.5 Å². The fraction of sp³-hybridized carbons (Fsp3) is 0.600. The van der Waals surface area contributed by atoms with E-state index in [1.807, 2.05) is 19.9 Å². The number of methoxy groups -OCH3 is 1. The summed E-state index contributed by atoms with van der Waals surface area (Å²) in [5.74, 6) is -0.445. The molecule has 1 saturated heterocycles. The normalized spacial score (nSPS) is 22.4. The first-order valence-corrected chi connectivity index (χ1v) is 7.25. The zero-order valence-corrected chi connectivity index (χ0v) is 12.9. The molecule has 1 aromatic rings. The molecule has 4 N–H and O–H groups in total. The van der Waals surface area contributed by atoms with Crippen molar-refractivity contribution in [2.75, 3.05) is 25.1 Å². The Morgan fingerprint density at radius 2 is 2.24 bits per heavy atom. The average Bonchev–Trinajstić information content (AvgIpc) is 2.45. The summed E-state index contributed by atoms with van der Waals surface area (Å²) in [7, 11) is 1.73. The molecule has 1 aliphatic heterocycles. The number of aromatic nitrogens is 1. The van der Waals surface area contributed by atoms with E-state index in [1.54, 1.807) is 7.11 Å². The minimum absolute atomic E-state index is 0.142. The van der Waals surface area contributed by atoms with Crippen LogP contribution in [0.1, 0.15) is 34.6 Å². The van der Waals surface area contributed by atoms with Crippen LogP contribution in [-0.4, -0.2) is 43.2 Å². The summed E-state index contributed by atoms with van der Waals surface area (Å²) in [6, 6.07) is 2.06. The molecule has 2 atom stereocenters. The van der Waals surface area contributed by atoms with Crippen molar-refractivity contribution in [3.63, 3.8) is 0 Å². The molecule has 6 heteroatoms. The molecule has 0 aromatic carbocycles. The minimum Gasteiger partial charge on any atom is -0.381 e. The number of amides is 1. The number of piperidine rings is 1. The molecular weight excluding hydrogens is 268 g/mol. The van der Waals surface area contributed by atoms with E-state index >= 15 is 0 Å². The Morgan fingerprint density at radius 1 is 1.52 bits per heavy atom. The van der Waals surface area contributed by atoms with E-state index in [0.29, 0.717) is 17.8 Å². The van der Waals surface area contributed by atoms with Crippen LogP contribution in [0.2, 0.25) is 0 Å². The van der Waals surface area contributed by atoms with Gasteiger partial charge in [0.15, 0.2) is 0 Å². The summed E-state index contributed by atoms with van der Waals surface area (Å²) in [6.45, 7) is 5.04. The van der Waals surface area contributed by atoms with Gasteiger partial charge in [0.05, 0.1) is 23.0 Å². The number of anilines is 1. The quantitative estimate of drug-likeness (QED) is 0.853. The van der Waals surface area contributed by atoms with E-state index in [1.165, 1.54) is 0 Å². The van der Waals surface area contributed by atoms with Crippen LogP contribution in [0.15, 0.2) is 6.07 Å². The van der Waals surface area contributed by atoms with Gasteiger partial charge in [-0.1, -0.05) is 0 Å². The Kier molecular flexibility index (Phi) is 4.80. The highest BCUT2D eigenvalue weighted by molar-refractivity contribution is 5.99. The lowest BCUT2D eigenvalue weighted by Crippen LogP contribution is -2.49. The van der Waals surface area contributed by atoms with E-state index < -0.39 is 5.91 Å². The largest absolute Gasteiger partial charge is 0.381 e. The van der Waals surface area contributed by atoms with Crippen molar-refractivity contribution < 1.29 is 9.53 Å². The zero-order valence-electron chi connectivity index (χ0n) is 12.9. The number of nitrogens with two attached hydrogens (primary N) is 2. The number of hydrogen-bond donors (Lipinski definition) is 2. The molecule has 0 saturated carbocycles. The van der Waals surface area contributed by atoms with Crippen molar-refractivity contribution in [2.45, 2.75) is 38.8 Å². The second-order valence-electron chi connectivity index (χ2n) is 5.57. The van der Waals surface area contributed by atoms with Gasteiger partial charge in [0.25, 0.3) is 5.91 Å². The van der Waals surface area contributed by atoms with Crippen molar-refractivity contribution >= 4 is 11.6 Å². The predicted molar refractivity (Wildman–Crippen MR) is 82.4 cm³/mol. The first-order valence-electron chi connectivity index (χ1n) is 7.25. The van der Waals surface area contributed by atoms with Gasteiger partial charge in [0, 0.05) is 31.9 Å². The van der Waals surface area contributed by atoms with Crippen molar-refractivity contribution in [1.82, 2.24) is 4.98 Å². The van der Waals surface area contributed by atoms with Gasteiger partial charge < -0.3 is 21.1 Å². The van der Waals surface area contributed by atoms with Crippen LogP contribution in [0.3, 0.4) is 0 Å². The molecule has 1 amide bonds. The van der Waals surface area contributed by atoms with Gasteiger partial charge in [-0.25, -0.2) is 0 Å². The lowest BCUT2D eigenvalue weighted by molar-refractivity contribution is 0.0709. The second kappa shape index (κ2) is 6.41. The molecule has 2 rings (SSSR count). The molecule has 0 aliphatic carbocycles. The van der Waals surface area contributed by atoms with E-state index in [9.17, 15) is 4.79 Å². The van der Waals surface area contributed by atoms with Gasteiger partial charge in [-0.15, -0.1) is 0 Å². The number of carbonyl (C=O) groups is 1. The van der Waals surface area contributed by atoms with Crippen molar-refractivity contribution in [3.8, 4) is 0 Å². The van der Waals surface area contributed by atoms with Crippen molar-refractivity contribution in [3.05, 3.63) is 23.0 Å². The lowest BCUT2D eigenvalue weighted by Gasteiger charge is -2.41. The fourth-order valence-electron chi connectivity index (χ4n) is 3.11. The van der Waals surface area contributed by atoms with Crippen LogP contribution in [0.25, 0.3) is 0 Å². The summed E-state index contributed by atoms with van der Waals surface area (Å²) in [5, 5.41) is 0. The standard InChI is InChI=1S/C15H24N4O2/c1-9-6-13(14(15(17)20)10(2)18-9)19-5-4-12(21-3)7-11(19)8-16/h6,11-12H,4-5,7-8,16H2,1-3H3,(H2,17,20). The smallest absolute Gasteiger partial charge is 0.252 e. The third kappa shape index (κ3) is 3.16. The Hall–Kier alpha value is -1.66. The van der Waals surface area contributed by atoms with Crippen LogP contribution in [0.5, 0.6) is 0 Å². The maximum absolute atomic E-state index is 11.8. The summed E-state index contributed by atoms with van der Waals surface area (Å²) in [6.07, 6.45) is 1.98. The van der Waals surface area contributed by atoms with Gasteiger partial charge in [0.2, 0.25) is 0 Å². The molecule has 21 heavy (non-hydrogen) atoms. The Bertz CT molecular complexity index is 533. The van der Waals surface area contributed by atoms with Crippen molar-refractivity contribution in [1.29, 1.82) is 0 Å². The molecular formula is C15H24N4O2. The molecule has 1 aromatic heterocycles. The zero-order chi connectivity index (χ0) is 15.6. The molecule has 0 bridgehead atoms. The van der Waals surface area contributed by atoms with Gasteiger partial charge >= 0.3 is 0 Å². The first kappa shape index (κ1) is 15.7. The van der Waals surface area contributed by atoms with Gasteiger partial charge in [-0.3, -0.25) is 9.78 Å². The van der Waals surface area contributed by atoms with Gasteiger partial charge in [-0.05, 0) is 32.8 Å². The molecule has 6 nitrogen and oxygen atoms in total. The van der Waals surface area contributed by atoms with Crippen LogP contribution >= 0.6 is 0 Å². The number of nitrogens with zero attached hydrogens (tertiary/aromatic N) is 2. The lowest BCUT2D eigenvalue weighted by atomic mass is 9.96. The highest BCUT2D eigenvalue weighted by Gasteiger charge is 2.30. The maximum Gasteiger partial charge on any atom is 0.252 e. The third-order valence-electron chi connectivity index (χ3n) is 4.14. The van der Waals surface area contributed by atoms with E-state index in [-0.39, 0.29) is 12.1 Å². The molecule has 0 spiro atoms. The maximum atomic E-state index is 11.8. The topological polar surface area (TPSA) is 94.5 Å². The molecule has 1 aliphatic rings. The molecule has 1 fully saturated rings. The number of ether oxygens (including phenoxy) is 1. The highest BCUT2D eigenvalue weighted by Crippen LogP contribution is 2.30. The number of carbonyl (C=O) groups excluding carboxylic acids is 1. The van der Waals surface area contributed by atoms with Crippen LogP contribution in [-0.2, 0) is 4.74 Å². The molecule has 0 radical (unpaired) electrons. The number of pyridine rings is 1. The van der Waals surface area contributed by atoms with Crippen LogP contribution in [0.4, 0.5) is 5.69 Å². The van der Waals surface area contributed by atoms with Gasteiger partial charge in [0.1, 0.15) is 0 Å². The predicted octanol–water partition coefficient (Wildman–Crippen LogP) is 0.740. The number of hydrogen-bond acceptors (Lipinski definition) is 5. The second-order valence-corrected chi connectivity index (χ2v) is 5.57. The summed E-state index contributed by atoms with van der Waals surface area (Å²) in [5.41, 5.74) is 14.4.